The molecule has 2 saturated heterocycles. The number of hydrogen-bond donors (Lipinski definition) is 0. The normalized spacial score (nSPS) is 21.2. The van der Waals surface area contributed by atoms with Crippen LogP contribution in [0.1, 0.15) is 37.0 Å². The molecule has 4 rings (SSSR count). The fourth-order valence-corrected chi connectivity index (χ4v) is 5.87. The summed E-state index contributed by atoms with van der Waals surface area (Å²) in [7, 11) is -3.10. The van der Waals surface area contributed by atoms with Crippen LogP contribution in [0.25, 0.3) is 6.08 Å². The number of rotatable bonds is 6. The van der Waals surface area contributed by atoms with Crippen LogP contribution in [0.3, 0.4) is 0 Å². The zero-order chi connectivity index (χ0) is 21.0. The molecule has 1 aromatic heterocycles. The number of hydrogen-bond acceptors (Lipinski definition) is 5. The first-order chi connectivity index (χ1) is 14.5. The number of piperidine rings is 1. The van der Waals surface area contributed by atoms with Crippen molar-refractivity contribution < 1.29 is 17.6 Å². The third kappa shape index (κ3) is 5.14. The minimum absolute atomic E-state index is 0.0115. The number of amides is 1. The lowest BCUT2D eigenvalue weighted by atomic mass is 10.1. The Bertz CT molecular complexity index is 991. The standard InChI is InChI=1S/C23H28N2O4S/c26-22(11-9-19-7-3-1-4-8-19)25(20-13-16-30(27,28)18-20)17-21-10-12-23(29-21)24-14-5-2-6-15-24/h1,3-4,7-12,20H,2,5-6,13-18H2/b11-9+. The minimum Gasteiger partial charge on any atom is -0.444 e. The van der Waals surface area contributed by atoms with Crippen molar-refractivity contribution >= 4 is 27.7 Å². The molecular weight excluding hydrogens is 400 g/mol. The molecule has 2 aromatic rings. The summed E-state index contributed by atoms with van der Waals surface area (Å²) < 4.78 is 30.1. The second-order valence-electron chi connectivity index (χ2n) is 8.05. The van der Waals surface area contributed by atoms with Gasteiger partial charge in [-0.05, 0) is 43.4 Å². The van der Waals surface area contributed by atoms with Crippen molar-refractivity contribution in [1.29, 1.82) is 0 Å². The lowest BCUT2D eigenvalue weighted by molar-refractivity contribution is -0.128. The smallest absolute Gasteiger partial charge is 0.247 e. The van der Waals surface area contributed by atoms with E-state index in [4.69, 9.17) is 4.42 Å². The Labute approximate surface area is 178 Å². The zero-order valence-corrected chi connectivity index (χ0v) is 17.9. The van der Waals surface area contributed by atoms with E-state index in [1.54, 1.807) is 11.0 Å². The van der Waals surface area contributed by atoms with Gasteiger partial charge in [-0.3, -0.25) is 4.79 Å². The van der Waals surface area contributed by atoms with Crippen LogP contribution in [-0.2, 0) is 21.2 Å². The first-order valence-electron chi connectivity index (χ1n) is 10.6. The molecule has 2 aliphatic rings. The summed E-state index contributed by atoms with van der Waals surface area (Å²) >= 11 is 0. The van der Waals surface area contributed by atoms with E-state index >= 15 is 0 Å². The number of anilines is 1. The van der Waals surface area contributed by atoms with Crippen LogP contribution in [0.15, 0.2) is 53.0 Å². The van der Waals surface area contributed by atoms with Crippen LogP contribution in [0.4, 0.5) is 5.88 Å². The predicted octanol–water partition coefficient (Wildman–Crippen LogP) is 3.50. The quantitative estimate of drug-likeness (QED) is 0.659. The maximum atomic E-state index is 13.0. The van der Waals surface area contributed by atoms with E-state index in [0.717, 1.165) is 37.4 Å². The van der Waals surface area contributed by atoms with Crippen molar-refractivity contribution in [3.05, 3.63) is 59.9 Å². The van der Waals surface area contributed by atoms with Crippen LogP contribution >= 0.6 is 0 Å². The monoisotopic (exact) mass is 428 g/mol. The lowest BCUT2D eigenvalue weighted by Gasteiger charge is -2.27. The molecule has 0 radical (unpaired) electrons. The maximum Gasteiger partial charge on any atom is 0.247 e. The van der Waals surface area contributed by atoms with Crippen molar-refractivity contribution in [2.75, 3.05) is 29.5 Å². The third-order valence-corrected chi connectivity index (χ3v) is 7.54. The Morgan fingerprint density at radius 2 is 1.87 bits per heavy atom. The third-order valence-electron chi connectivity index (χ3n) is 5.79. The summed E-state index contributed by atoms with van der Waals surface area (Å²) in [5, 5.41) is 0. The van der Waals surface area contributed by atoms with Crippen molar-refractivity contribution in [2.45, 2.75) is 38.3 Å². The molecule has 30 heavy (non-hydrogen) atoms. The first-order valence-corrected chi connectivity index (χ1v) is 12.4. The molecule has 0 spiro atoms. The predicted molar refractivity (Wildman–Crippen MR) is 118 cm³/mol. The van der Waals surface area contributed by atoms with Gasteiger partial charge in [-0.2, -0.15) is 0 Å². The molecule has 1 unspecified atom stereocenters. The highest BCUT2D eigenvalue weighted by Crippen LogP contribution is 2.26. The Morgan fingerprint density at radius 3 is 2.57 bits per heavy atom. The SMILES string of the molecule is O=C(/C=C/c1ccccc1)N(Cc1ccc(N2CCCCC2)o1)C1CCS(=O)(=O)C1. The van der Waals surface area contributed by atoms with E-state index in [-0.39, 0.29) is 30.0 Å². The van der Waals surface area contributed by atoms with Crippen molar-refractivity contribution in [3.8, 4) is 0 Å². The Kier molecular flexibility index (Phi) is 6.27. The highest BCUT2D eigenvalue weighted by molar-refractivity contribution is 7.91. The van der Waals surface area contributed by atoms with Gasteiger partial charge in [0.05, 0.1) is 18.1 Å². The summed E-state index contributed by atoms with van der Waals surface area (Å²) in [6, 6.07) is 13.1. The number of furan rings is 1. The fourth-order valence-electron chi connectivity index (χ4n) is 4.14. The van der Waals surface area contributed by atoms with E-state index in [9.17, 15) is 13.2 Å². The Hall–Kier alpha value is -2.54. The maximum absolute atomic E-state index is 13.0. The molecule has 7 heteroatoms. The number of carbonyl (C=O) groups excluding carboxylic acids is 1. The van der Waals surface area contributed by atoms with Gasteiger partial charge in [0, 0.05) is 31.3 Å². The van der Waals surface area contributed by atoms with Gasteiger partial charge in [-0.25, -0.2) is 8.42 Å². The molecule has 0 bridgehead atoms. The molecule has 1 aromatic carbocycles. The summed E-state index contributed by atoms with van der Waals surface area (Å²) in [5.74, 6) is 1.45. The molecule has 0 saturated carbocycles. The van der Waals surface area contributed by atoms with Crippen molar-refractivity contribution in [3.63, 3.8) is 0 Å². The molecule has 2 fully saturated rings. The van der Waals surface area contributed by atoms with Gasteiger partial charge < -0.3 is 14.2 Å². The van der Waals surface area contributed by atoms with Crippen LogP contribution in [0, 0.1) is 0 Å². The summed E-state index contributed by atoms with van der Waals surface area (Å²) in [5.41, 5.74) is 0.926. The molecular formula is C23H28N2O4S. The van der Waals surface area contributed by atoms with E-state index in [0.29, 0.717) is 12.2 Å². The Balaban J connectivity index is 1.51. The number of nitrogens with zero attached hydrogens (tertiary/aromatic N) is 2. The average molecular weight is 429 g/mol. The van der Waals surface area contributed by atoms with E-state index in [2.05, 4.69) is 4.90 Å². The highest BCUT2D eigenvalue weighted by atomic mass is 32.2. The van der Waals surface area contributed by atoms with Gasteiger partial charge in [-0.1, -0.05) is 30.3 Å². The largest absolute Gasteiger partial charge is 0.444 e. The molecule has 0 aliphatic carbocycles. The van der Waals surface area contributed by atoms with Crippen molar-refractivity contribution in [1.82, 2.24) is 4.90 Å². The highest BCUT2D eigenvalue weighted by Gasteiger charge is 2.34. The lowest BCUT2D eigenvalue weighted by Crippen LogP contribution is -2.39. The summed E-state index contributed by atoms with van der Waals surface area (Å²) in [4.78, 5) is 16.9. The fraction of sp³-hybridized carbons (Fsp3) is 0.435. The van der Waals surface area contributed by atoms with Crippen LogP contribution in [0.5, 0.6) is 0 Å². The average Bonchev–Trinajstić information content (AvgIpc) is 3.37. The van der Waals surface area contributed by atoms with Gasteiger partial charge in [0.1, 0.15) is 5.76 Å². The molecule has 3 heterocycles. The summed E-state index contributed by atoms with van der Waals surface area (Å²) in [6.45, 7) is 2.23. The van der Waals surface area contributed by atoms with Crippen LogP contribution in [0.2, 0.25) is 0 Å². The molecule has 0 N–H and O–H groups in total. The van der Waals surface area contributed by atoms with Crippen molar-refractivity contribution in [2.24, 2.45) is 0 Å². The number of benzene rings is 1. The van der Waals surface area contributed by atoms with Gasteiger partial charge in [0.15, 0.2) is 15.7 Å². The zero-order valence-electron chi connectivity index (χ0n) is 17.1. The minimum atomic E-state index is -3.10. The van der Waals surface area contributed by atoms with Crippen LogP contribution in [-0.4, -0.2) is 49.9 Å². The summed E-state index contributed by atoms with van der Waals surface area (Å²) in [6.07, 6.45) is 7.31. The van der Waals surface area contributed by atoms with E-state index in [1.165, 1.54) is 12.5 Å². The van der Waals surface area contributed by atoms with E-state index < -0.39 is 9.84 Å². The number of sulfone groups is 1. The first kappa shape index (κ1) is 20.7. The molecule has 1 amide bonds. The molecule has 2 aliphatic heterocycles. The van der Waals surface area contributed by atoms with E-state index in [1.807, 2.05) is 42.5 Å². The van der Waals surface area contributed by atoms with Gasteiger partial charge in [0.25, 0.3) is 0 Å². The molecule has 1 atom stereocenters. The van der Waals surface area contributed by atoms with Gasteiger partial charge in [-0.15, -0.1) is 0 Å². The van der Waals surface area contributed by atoms with Gasteiger partial charge >= 0.3 is 0 Å². The Morgan fingerprint density at radius 1 is 1.10 bits per heavy atom. The van der Waals surface area contributed by atoms with Gasteiger partial charge in [0.2, 0.25) is 5.91 Å². The second-order valence-corrected chi connectivity index (χ2v) is 10.3. The molecule has 160 valence electrons. The van der Waals surface area contributed by atoms with Crippen LogP contribution < -0.4 is 4.90 Å². The second kappa shape index (κ2) is 9.08. The molecule has 6 nitrogen and oxygen atoms in total. The topological polar surface area (TPSA) is 70.8 Å². The number of carbonyl (C=O) groups is 1.